The normalized spacial score (nSPS) is 14.9. The smallest absolute Gasteiger partial charge is 0.410 e. The van der Waals surface area contributed by atoms with Crippen molar-refractivity contribution in [3.05, 3.63) is 106 Å². The number of ether oxygens (including phenoxy) is 5. The average Bonchev–Trinajstić information content (AvgIpc) is 3.22. The molecule has 2 heterocycles. The van der Waals surface area contributed by atoms with E-state index in [1.54, 1.807) is 32.9 Å². The van der Waals surface area contributed by atoms with E-state index >= 15 is 0 Å². The third-order valence-electron chi connectivity index (χ3n) is 9.78. The van der Waals surface area contributed by atoms with Crippen LogP contribution >= 0.6 is 12.4 Å². The van der Waals surface area contributed by atoms with Crippen LogP contribution in [0.4, 0.5) is 4.79 Å². The highest BCUT2D eigenvalue weighted by molar-refractivity contribution is 7.89. The van der Waals surface area contributed by atoms with E-state index in [0.717, 1.165) is 22.3 Å². The van der Waals surface area contributed by atoms with E-state index in [-0.39, 0.29) is 71.0 Å². The van der Waals surface area contributed by atoms with Crippen LogP contribution in [0.2, 0.25) is 0 Å². The Hall–Kier alpha value is -5.24. The van der Waals surface area contributed by atoms with E-state index in [2.05, 4.69) is 5.32 Å². The number of hydrogen-bond acceptors (Lipinski definition) is 13. The van der Waals surface area contributed by atoms with Gasteiger partial charge in [0.1, 0.15) is 38.4 Å². The zero-order valence-corrected chi connectivity index (χ0v) is 40.0. The average molecular weight is 946 g/mol. The number of hydrogen-bond donors (Lipinski definition) is 1. The van der Waals surface area contributed by atoms with Gasteiger partial charge in [0.15, 0.2) is 0 Å². The van der Waals surface area contributed by atoms with Crippen molar-refractivity contribution in [2.24, 2.45) is 0 Å². The van der Waals surface area contributed by atoms with Crippen molar-refractivity contribution in [2.45, 2.75) is 63.9 Å². The molecule has 0 atom stereocenters. The van der Waals surface area contributed by atoms with E-state index in [4.69, 9.17) is 23.7 Å². The molecule has 64 heavy (non-hydrogen) atoms. The summed E-state index contributed by atoms with van der Waals surface area (Å²) in [6, 6.07) is 19.8. The number of carbonyl (C=O) groups excluding carboxylic acids is 3. The number of methoxy groups -OCH3 is 2. The molecule has 6 rings (SSSR count). The Morgan fingerprint density at radius 1 is 0.562 bits per heavy atom. The number of esters is 2. The predicted octanol–water partition coefficient (Wildman–Crippen LogP) is 7.02. The molecule has 0 spiro atoms. The molecular formula is C45H57ClN4O12S2. The van der Waals surface area contributed by atoms with Gasteiger partial charge < -0.3 is 33.9 Å². The molecule has 1 amide bonds. The van der Waals surface area contributed by atoms with E-state index < -0.39 is 43.7 Å². The molecule has 0 saturated carbocycles. The fourth-order valence-electron chi connectivity index (χ4n) is 6.92. The molecule has 0 radical (unpaired) electrons. The number of carbonyl (C=O) groups is 3. The van der Waals surface area contributed by atoms with Crippen LogP contribution in [-0.2, 0) is 34.3 Å². The molecular weight excluding hydrogens is 888 g/mol. The maximum Gasteiger partial charge on any atom is 0.410 e. The van der Waals surface area contributed by atoms with Crippen LogP contribution in [0.5, 0.6) is 23.0 Å². The minimum atomic E-state index is -4.06. The minimum Gasteiger partial charge on any atom is -0.465 e. The van der Waals surface area contributed by atoms with E-state index in [1.807, 2.05) is 52.0 Å². The lowest BCUT2D eigenvalue weighted by Crippen LogP contribution is -2.51. The van der Waals surface area contributed by atoms with E-state index in [0.29, 0.717) is 37.7 Å². The van der Waals surface area contributed by atoms with E-state index in [9.17, 15) is 31.2 Å². The number of halogens is 1. The molecule has 0 aliphatic carbocycles. The Balaban J connectivity index is 0.000000283. The number of benzene rings is 4. The number of amides is 1. The standard InChI is InChI=1S/C25H32N2O7S.C20H24N2O5S.ClH/c1-17-13-18(2)15-20(14-17)33-21-8-7-19(23(28)32-6)16-22(21)35(30,31)27-11-9-26(10-12-27)24(29)34-25(3,4)5;1-14-10-15(2)12-17(11-14)27-18-5-4-16(20(23)26-3)13-19(18)28(24,25)22-8-6-21-7-9-22;/h7-8,13-16H,9-12H2,1-6H3;4-5,10-13,21H,6-9H2,1-3H3;1H. The first-order valence-electron chi connectivity index (χ1n) is 20.3. The maximum absolute atomic E-state index is 13.7. The van der Waals surface area contributed by atoms with Gasteiger partial charge in [-0.15, -0.1) is 12.4 Å². The molecule has 348 valence electrons. The zero-order valence-electron chi connectivity index (χ0n) is 37.6. The first-order valence-corrected chi connectivity index (χ1v) is 23.2. The lowest BCUT2D eigenvalue weighted by atomic mass is 10.1. The fraction of sp³-hybridized carbons (Fsp3) is 0.400. The molecule has 2 fully saturated rings. The summed E-state index contributed by atoms with van der Waals surface area (Å²) in [5.74, 6) is 0.0388. The van der Waals surface area contributed by atoms with Gasteiger partial charge in [0.05, 0.1) is 25.3 Å². The molecule has 2 saturated heterocycles. The largest absolute Gasteiger partial charge is 0.465 e. The summed E-state index contributed by atoms with van der Waals surface area (Å²) in [5.41, 5.74) is 3.55. The van der Waals surface area contributed by atoms with Gasteiger partial charge in [-0.1, -0.05) is 12.1 Å². The molecule has 19 heteroatoms. The van der Waals surface area contributed by atoms with Gasteiger partial charge in [-0.3, -0.25) is 0 Å². The minimum absolute atomic E-state index is 0. The molecule has 2 aliphatic heterocycles. The summed E-state index contributed by atoms with van der Waals surface area (Å²) in [6.45, 7) is 15.4. The Bertz CT molecular complexity index is 2510. The monoisotopic (exact) mass is 944 g/mol. The molecule has 4 aromatic rings. The summed E-state index contributed by atoms with van der Waals surface area (Å²) in [4.78, 5) is 37.7. The Kier molecular flexibility index (Phi) is 17.4. The Morgan fingerprint density at radius 3 is 1.30 bits per heavy atom. The van der Waals surface area contributed by atoms with Crippen LogP contribution in [0, 0.1) is 27.7 Å². The SMILES string of the molecule is COC(=O)c1ccc(Oc2cc(C)cc(C)c2)c(S(=O)(=O)N2CCN(C(=O)OC(C)(C)C)CC2)c1.COC(=O)c1ccc(Oc2cc(C)cc(C)c2)c(S(=O)(=O)N2CCNCC2)c1.Cl. The van der Waals surface area contributed by atoms with Gasteiger partial charge in [-0.05, 0) is 131 Å². The summed E-state index contributed by atoms with van der Waals surface area (Å²) in [7, 11) is -5.41. The van der Waals surface area contributed by atoms with Gasteiger partial charge in [0.25, 0.3) is 0 Å². The van der Waals surface area contributed by atoms with Crippen LogP contribution in [0.1, 0.15) is 63.7 Å². The molecule has 2 aliphatic rings. The number of rotatable bonds is 10. The van der Waals surface area contributed by atoms with Gasteiger partial charge in [0, 0.05) is 52.4 Å². The third-order valence-corrected chi connectivity index (χ3v) is 13.6. The van der Waals surface area contributed by atoms with Gasteiger partial charge in [0.2, 0.25) is 20.0 Å². The van der Waals surface area contributed by atoms with Gasteiger partial charge in [-0.25, -0.2) is 31.2 Å². The Morgan fingerprint density at radius 2 is 0.938 bits per heavy atom. The van der Waals surface area contributed by atoms with Crippen molar-refractivity contribution >= 4 is 50.5 Å². The van der Waals surface area contributed by atoms with Crippen LogP contribution < -0.4 is 14.8 Å². The summed E-state index contributed by atoms with van der Waals surface area (Å²) in [5, 5.41) is 3.13. The molecule has 1 N–H and O–H groups in total. The maximum atomic E-state index is 13.7. The molecule has 4 aromatic carbocycles. The summed E-state index contributed by atoms with van der Waals surface area (Å²) in [6.07, 6.45) is -0.485. The van der Waals surface area contributed by atoms with Crippen molar-refractivity contribution in [3.63, 3.8) is 0 Å². The number of piperazine rings is 2. The van der Waals surface area contributed by atoms with Crippen LogP contribution in [0.15, 0.2) is 82.6 Å². The molecule has 0 aromatic heterocycles. The lowest BCUT2D eigenvalue weighted by Gasteiger charge is -2.35. The number of nitrogens with zero attached hydrogens (tertiary/aromatic N) is 3. The third kappa shape index (κ3) is 13.2. The van der Waals surface area contributed by atoms with E-state index in [1.165, 1.54) is 64.1 Å². The number of nitrogens with one attached hydrogen (secondary N) is 1. The number of sulfonamides is 2. The second-order valence-electron chi connectivity index (χ2n) is 16.2. The van der Waals surface area contributed by atoms with Crippen LogP contribution in [0.3, 0.4) is 0 Å². The quantitative estimate of drug-likeness (QED) is 0.126. The van der Waals surface area contributed by atoms with Crippen molar-refractivity contribution in [1.29, 1.82) is 0 Å². The zero-order chi connectivity index (χ0) is 46.3. The first kappa shape index (κ1) is 51.4. The molecule has 16 nitrogen and oxygen atoms in total. The first-order chi connectivity index (χ1) is 29.6. The van der Waals surface area contributed by atoms with Gasteiger partial charge >= 0.3 is 18.0 Å². The second kappa shape index (κ2) is 21.6. The molecule has 0 unspecified atom stereocenters. The van der Waals surface area contributed by atoms with Crippen LogP contribution in [0.25, 0.3) is 0 Å². The van der Waals surface area contributed by atoms with Crippen molar-refractivity contribution in [1.82, 2.24) is 18.8 Å². The topological polar surface area (TPSA) is 187 Å². The summed E-state index contributed by atoms with van der Waals surface area (Å²) >= 11 is 0. The van der Waals surface area contributed by atoms with Crippen LogP contribution in [-0.4, -0.2) is 121 Å². The molecule has 0 bridgehead atoms. The van der Waals surface area contributed by atoms with Crippen molar-refractivity contribution < 1.29 is 54.9 Å². The predicted molar refractivity (Wildman–Crippen MR) is 243 cm³/mol. The van der Waals surface area contributed by atoms with Gasteiger partial charge in [-0.2, -0.15) is 8.61 Å². The fourth-order valence-corrected chi connectivity index (χ4v) is 10.1. The second-order valence-corrected chi connectivity index (χ2v) is 20.0. The van der Waals surface area contributed by atoms with Crippen molar-refractivity contribution in [2.75, 3.05) is 66.6 Å². The number of aryl methyl sites for hydroxylation is 4. The highest BCUT2D eigenvalue weighted by atomic mass is 35.5. The van der Waals surface area contributed by atoms with Crippen molar-refractivity contribution in [3.8, 4) is 23.0 Å². The highest BCUT2D eigenvalue weighted by Crippen LogP contribution is 2.35. The lowest BCUT2D eigenvalue weighted by molar-refractivity contribution is 0.0192. The Labute approximate surface area is 382 Å². The summed E-state index contributed by atoms with van der Waals surface area (Å²) < 4.78 is 83.4. The highest BCUT2D eigenvalue weighted by Gasteiger charge is 2.35.